The molecule has 0 heterocycles. The molecule has 4 N–H and O–H groups in total. The van der Waals surface area contributed by atoms with Crippen LogP contribution in [-0.4, -0.2) is 22.5 Å². The lowest BCUT2D eigenvalue weighted by Crippen LogP contribution is -2.55. The first-order chi connectivity index (χ1) is 9.48. The molecule has 1 fully saturated rings. The minimum Gasteiger partial charge on any atom is -0.409 e. The van der Waals surface area contributed by atoms with Gasteiger partial charge in [-0.1, -0.05) is 35.7 Å². The number of carbonyl (C=O) groups is 1. The Hall–Kier alpha value is -1.75. The second-order valence-electron chi connectivity index (χ2n) is 5.19. The number of amides is 1. The van der Waals surface area contributed by atoms with Gasteiger partial charge in [-0.3, -0.25) is 4.79 Å². The molecule has 20 heavy (non-hydrogen) atoms. The zero-order chi connectivity index (χ0) is 14.8. The molecular weight excluding hydrogens is 278 g/mol. The fourth-order valence-electron chi connectivity index (χ4n) is 2.54. The molecule has 1 saturated carbocycles. The predicted octanol–water partition coefficient (Wildman–Crippen LogP) is 2.44. The second kappa shape index (κ2) is 5.71. The summed E-state index contributed by atoms with van der Waals surface area (Å²) >= 11 is 6.03. The fraction of sp³-hybridized carbons (Fsp3) is 0.429. The van der Waals surface area contributed by atoms with Crippen LogP contribution in [0.25, 0.3) is 0 Å². The Kier molecular flexibility index (Phi) is 4.18. The molecular formula is C14H18ClN3O2. The highest BCUT2D eigenvalue weighted by Crippen LogP contribution is 2.30. The standard InChI is InChI=1S/C14H18ClN3O2/c1-9-4-5-10(8-11(9)15)12(19)17-14(13(16)18-20)6-2-3-7-14/h4-5,8,20H,2-3,6-7H2,1H3,(H2,16,18)(H,17,19). The summed E-state index contributed by atoms with van der Waals surface area (Å²) in [6.07, 6.45) is 3.22. The largest absolute Gasteiger partial charge is 0.409 e. The third-order valence-electron chi connectivity index (χ3n) is 3.84. The van der Waals surface area contributed by atoms with E-state index in [2.05, 4.69) is 10.5 Å². The zero-order valence-corrected chi connectivity index (χ0v) is 12.1. The van der Waals surface area contributed by atoms with Crippen LogP contribution in [0.3, 0.4) is 0 Å². The number of hydrogen-bond donors (Lipinski definition) is 3. The minimum atomic E-state index is -0.747. The number of nitrogens with one attached hydrogen (secondary N) is 1. The molecule has 0 saturated heterocycles. The lowest BCUT2D eigenvalue weighted by Gasteiger charge is -2.28. The highest BCUT2D eigenvalue weighted by molar-refractivity contribution is 6.31. The molecule has 0 radical (unpaired) electrons. The van der Waals surface area contributed by atoms with Crippen molar-refractivity contribution in [1.29, 1.82) is 0 Å². The van der Waals surface area contributed by atoms with Gasteiger partial charge in [0.05, 0.1) is 0 Å². The topological polar surface area (TPSA) is 87.7 Å². The van der Waals surface area contributed by atoms with Crippen LogP contribution in [0, 0.1) is 6.92 Å². The molecule has 0 bridgehead atoms. The van der Waals surface area contributed by atoms with Crippen molar-refractivity contribution in [3.05, 3.63) is 34.3 Å². The highest BCUT2D eigenvalue weighted by atomic mass is 35.5. The summed E-state index contributed by atoms with van der Waals surface area (Å²) in [4.78, 5) is 12.3. The summed E-state index contributed by atoms with van der Waals surface area (Å²) in [5.41, 5.74) is 6.39. The van der Waals surface area contributed by atoms with Crippen molar-refractivity contribution in [2.24, 2.45) is 10.9 Å². The Morgan fingerprint density at radius 1 is 1.45 bits per heavy atom. The first kappa shape index (κ1) is 14.7. The van der Waals surface area contributed by atoms with Crippen LogP contribution in [0.5, 0.6) is 0 Å². The van der Waals surface area contributed by atoms with E-state index in [4.69, 9.17) is 22.5 Å². The number of halogens is 1. The molecule has 1 amide bonds. The quantitative estimate of drug-likeness (QED) is 0.346. The number of oxime groups is 1. The summed E-state index contributed by atoms with van der Waals surface area (Å²) in [5, 5.41) is 15.4. The van der Waals surface area contributed by atoms with Crippen LogP contribution in [0.2, 0.25) is 5.02 Å². The Morgan fingerprint density at radius 2 is 2.10 bits per heavy atom. The SMILES string of the molecule is Cc1ccc(C(=O)NC2(C(N)=NO)CCCC2)cc1Cl. The molecule has 0 spiro atoms. The van der Waals surface area contributed by atoms with Crippen molar-refractivity contribution >= 4 is 23.3 Å². The van der Waals surface area contributed by atoms with Gasteiger partial charge in [0.25, 0.3) is 5.91 Å². The predicted molar refractivity (Wildman–Crippen MR) is 78.3 cm³/mol. The third-order valence-corrected chi connectivity index (χ3v) is 4.25. The van der Waals surface area contributed by atoms with Crippen LogP contribution in [0.4, 0.5) is 0 Å². The zero-order valence-electron chi connectivity index (χ0n) is 11.3. The molecule has 1 aromatic rings. The average Bonchev–Trinajstić information content (AvgIpc) is 2.90. The van der Waals surface area contributed by atoms with Crippen molar-refractivity contribution < 1.29 is 10.0 Å². The Morgan fingerprint density at radius 3 is 2.65 bits per heavy atom. The molecule has 0 atom stereocenters. The number of hydrogen-bond acceptors (Lipinski definition) is 3. The smallest absolute Gasteiger partial charge is 0.252 e. The minimum absolute atomic E-state index is 0.0570. The van der Waals surface area contributed by atoms with Gasteiger partial charge in [-0.25, -0.2) is 0 Å². The maximum Gasteiger partial charge on any atom is 0.252 e. The molecule has 0 aliphatic heterocycles. The summed E-state index contributed by atoms with van der Waals surface area (Å²) in [6.45, 7) is 1.87. The van der Waals surface area contributed by atoms with E-state index in [1.807, 2.05) is 6.92 Å². The molecule has 1 aliphatic rings. The second-order valence-corrected chi connectivity index (χ2v) is 5.60. The maximum atomic E-state index is 12.3. The molecule has 108 valence electrons. The summed E-state index contributed by atoms with van der Waals surface area (Å²) in [5.74, 6) is -0.207. The van der Waals surface area contributed by atoms with Crippen LogP contribution in [0.15, 0.2) is 23.4 Å². The van der Waals surface area contributed by atoms with Gasteiger partial charge in [-0.15, -0.1) is 0 Å². The van der Waals surface area contributed by atoms with E-state index in [0.717, 1.165) is 18.4 Å². The van der Waals surface area contributed by atoms with E-state index in [1.165, 1.54) is 0 Å². The van der Waals surface area contributed by atoms with E-state index < -0.39 is 5.54 Å². The highest BCUT2D eigenvalue weighted by Gasteiger charge is 2.39. The normalized spacial score (nSPS) is 18.0. The summed E-state index contributed by atoms with van der Waals surface area (Å²) < 4.78 is 0. The number of rotatable bonds is 3. The first-order valence-electron chi connectivity index (χ1n) is 6.55. The average molecular weight is 296 g/mol. The van der Waals surface area contributed by atoms with Crippen LogP contribution in [0.1, 0.15) is 41.6 Å². The van der Waals surface area contributed by atoms with E-state index >= 15 is 0 Å². The van der Waals surface area contributed by atoms with Crippen molar-refractivity contribution in [2.45, 2.75) is 38.1 Å². The van der Waals surface area contributed by atoms with E-state index in [9.17, 15) is 4.79 Å². The van der Waals surface area contributed by atoms with Gasteiger partial charge in [0.2, 0.25) is 0 Å². The van der Waals surface area contributed by atoms with Gasteiger partial charge in [-0.05, 0) is 37.5 Å². The van der Waals surface area contributed by atoms with Gasteiger partial charge < -0.3 is 16.3 Å². The molecule has 0 unspecified atom stereocenters. The fourth-order valence-corrected chi connectivity index (χ4v) is 2.72. The van der Waals surface area contributed by atoms with Gasteiger partial charge in [-0.2, -0.15) is 0 Å². The summed E-state index contributed by atoms with van der Waals surface area (Å²) in [7, 11) is 0. The first-order valence-corrected chi connectivity index (χ1v) is 6.93. The van der Waals surface area contributed by atoms with Gasteiger partial charge >= 0.3 is 0 Å². The number of amidine groups is 1. The lowest BCUT2D eigenvalue weighted by atomic mass is 9.95. The number of aryl methyl sites for hydroxylation is 1. The monoisotopic (exact) mass is 295 g/mol. The Balaban J connectivity index is 2.23. The number of nitrogens with zero attached hydrogens (tertiary/aromatic N) is 1. The van der Waals surface area contributed by atoms with Crippen molar-refractivity contribution in [3.8, 4) is 0 Å². The number of nitrogens with two attached hydrogens (primary N) is 1. The number of benzene rings is 1. The molecule has 1 aliphatic carbocycles. The molecule has 0 aromatic heterocycles. The molecule has 6 heteroatoms. The molecule has 1 aromatic carbocycles. The van der Waals surface area contributed by atoms with Gasteiger partial charge in [0.1, 0.15) is 5.54 Å². The van der Waals surface area contributed by atoms with Crippen LogP contribution in [-0.2, 0) is 0 Å². The summed E-state index contributed by atoms with van der Waals surface area (Å²) in [6, 6.07) is 5.13. The lowest BCUT2D eigenvalue weighted by molar-refractivity contribution is 0.0922. The Bertz CT molecular complexity index is 551. The maximum absolute atomic E-state index is 12.3. The molecule has 2 rings (SSSR count). The van der Waals surface area contributed by atoms with E-state index in [-0.39, 0.29) is 11.7 Å². The third kappa shape index (κ3) is 2.72. The Labute approximate surface area is 122 Å². The van der Waals surface area contributed by atoms with Crippen LogP contribution >= 0.6 is 11.6 Å². The van der Waals surface area contributed by atoms with Crippen molar-refractivity contribution in [2.75, 3.05) is 0 Å². The van der Waals surface area contributed by atoms with Gasteiger partial charge in [0.15, 0.2) is 5.84 Å². The van der Waals surface area contributed by atoms with Crippen molar-refractivity contribution in [1.82, 2.24) is 5.32 Å². The van der Waals surface area contributed by atoms with E-state index in [0.29, 0.717) is 23.4 Å². The van der Waals surface area contributed by atoms with Crippen molar-refractivity contribution in [3.63, 3.8) is 0 Å². The molecule has 5 nitrogen and oxygen atoms in total. The van der Waals surface area contributed by atoms with Crippen LogP contribution < -0.4 is 11.1 Å². The number of carbonyl (C=O) groups excluding carboxylic acids is 1. The van der Waals surface area contributed by atoms with E-state index in [1.54, 1.807) is 18.2 Å². The van der Waals surface area contributed by atoms with Gasteiger partial charge in [0, 0.05) is 10.6 Å².